The second kappa shape index (κ2) is 5.33. The molecule has 1 unspecified atom stereocenters. The van der Waals surface area contributed by atoms with Gasteiger partial charge in [0, 0.05) is 24.7 Å². The van der Waals surface area contributed by atoms with E-state index in [4.69, 9.17) is 4.74 Å². The minimum absolute atomic E-state index is 0.162. The van der Waals surface area contributed by atoms with Crippen LogP contribution < -0.4 is 10.6 Å². The summed E-state index contributed by atoms with van der Waals surface area (Å²) in [5, 5.41) is 7.16. The standard InChI is InChI=1S/C16H19N3O2/c1-16(7-8-21-10-16)19-15(20)14-9-13(17-2)11-5-3-4-6-12(11)18-14/h3-6,9H,7-8,10H2,1-2H3,(H,17,18)(H,19,20). The first kappa shape index (κ1) is 13.8. The zero-order chi connectivity index (χ0) is 14.9. The molecule has 1 fully saturated rings. The highest BCUT2D eigenvalue weighted by Crippen LogP contribution is 2.23. The number of anilines is 1. The molecule has 2 aromatic rings. The van der Waals surface area contributed by atoms with Crippen molar-refractivity contribution in [1.29, 1.82) is 0 Å². The smallest absolute Gasteiger partial charge is 0.270 e. The number of benzene rings is 1. The zero-order valence-corrected chi connectivity index (χ0v) is 12.3. The molecule has 0 radical (unpaired) electrons. The van der Waals surface area contributed by atoms with Gasteiger partial charge >= 0.3 is 0 Å². The number of hydrogen-bond acceptors (Lipinski definition) is 4. The molecule has 2 heterocycles. The van der Waals surface area contributed by atoms with Crippen LogP contribution in [0.1, 0.15) is 23.8 Å². The number of aromatic nitrogens is 1. The first-order valence-electron chi connectivity index (χ1n) is 7.09. The van der Waals surface area contributed by atoms with Crippen molar-refractivity contribution in [3.8, 4) is 0 Å². The van der Waals surface area contributed by atoms with Crippen LogP contribution in [0.3, 0.4) is 0 Å². The van der Waals surface area contributed by atoms with E-state index in [1.165, 1.54) is 0 Å². The number of nitrogens with one attached hydrogen (secondary N) is 2. The van der Waals surface area contributed by atoms with Crippen molar-refractivity contribution in [2.24, 2.45) is 0 Å². The summed E-state index contributed by atoms with van der Waals surface area (Å²) in [7, 11) is 1.84. The van der Waals surface area contributed by atoms with Crippen molar-refractivity contribution < 1.29 is 9.53 Å². The minimum Gasteiger partial charge on any atom is -0.388 e. The molecule has 2 N–H and O–H groups in total. The average molecular weight is 285 g/mol. The summed E-state index contributed by atoms with van der Waals surface area (Å²) in [6.07, 6.45) is 0.825. The number of amides is 1. The van der Waals surface area contributed by atoms with E-state index < -0.39 is 0 Å². The fraction of sp³-hybridized carbons (Fsp3) is 0.375. The Hall–Kier alpha value is -2.14. The molecule has 3 rings (SSSR count). The van der Waals surface area contributed by atoms with Crippen LogP contribution in [0.25, 0.3) is 10.9 Å². The van der Waals surface area contributed by atoms with E-state index in [-0.39, 0.29) is 11.4 Å². The Morgan fingerprint density at radius 1 is 1.38 bits per heavy atom. The molecule has 0 saturated carbocycles. The number of nitrogens with zero attached hydrogens (tertiary/aromatic N) is 1. The van der Waals surface area contributed by atoms with Crippen molar-refractivity contribution in [2.45, 2.75) is 18.9 Å². The van der Waals surface area contributed by atoms with E-state index in [1.54, 1.807) is 6.07 Å². The van der Waals surface area contributed by atoms with Gasteiger partial charge in [-0.3, -0.25) is 4.79 Å². The third-order valence-corrected chi connectivity index (χ3v) is 3.85. The summed E-state index contributed by atoms with van der Waals surface area (Å²) < 4.78 is 5.36. The van der Waals surface area contributed by atoms with Crippen LogP contribution in [0, 0.1) is 0 Å². The van der Waals surface area contributed by atoms with Crippen LogP contribution in [0.15, 0.2) is 30.3 Å². The zero-order valence-electron chi connectivity index (χ0n) is 12.3. The van der Waals surface area contributed by atoms with Crippen LogP contribution >= 0.6 is 0 Å². The SMILES string of the molecule is CNc1cc(C(=O)NC2(C)CCOC2)nc2ccccc12. The molecule has 110 valence electrons. The Labute approximate surface area is 123 Å². The summed E-state index contributed by atoms with van der Waals surface area (Å²) >= 11 is 0. The Balaban J connectivity index is 1.94. The second-order valence-electron chi connectivity index (χ2n) is 5.64. The van der Waals surface area contributed by atoms with Crippen LogP contribution in [-0.4, -0.2) is 36.7 Å². The lowest BCUT2D eigenvalue weighted by atomic mass is 10.0. The van der Waals surface area contributed by atoms with E-state index in [9.17, 15) is 4.79 Å². The first-order chi connectivity index (χ1) is 10.1. The Morgan fingerprint density at radius 2 is 2.19 bits per heavy atom. The molecule has 21 heavy (non-hydrogen) atoms. The lowest BCUT2D eigenvalue weighted by molar-refractivity contribution is 0.0885. The van der Waals surface area contributed by atoms with Gasteiger partial charge in [0.05, 0.1) is 17.7 Å². The number of fused-ring (bicyclic) bond motifs is 1. The van der Waals surface area contributed by atoms with Crippen LogP contribution in [-0.2, 0) is 4.74 Å². The molecule has 1 aliphatic heterocycles. The molecular weight excluding hydrogens is 266 g/mol. The van der Waals surface area contributed by atoms with E-state index in [0.717, 1.165) is 23.0 Å². The number of ether oxygens (including phenoxy) is 1. The van der Waals surface area contributed by atoms with E-state index in [1.807, 2.05) is 38.2 Å². The maximum absolute atomic E-state index is 12.5. The molecule has 1 aliphatic rings. The minimum atomic E-state index is -0.301. The largest absolute Gasteiger partial charge is 0.388 e. The third kappa shape index (κ3) is 2.69. The Kier molecular flexibility index (Phi) is 3.51. The lowest BCUT2D eigenvalue weighted by Crippen LogP contribution is -2.46. The Morgan fingerprint density at radius 3 is 2.90 bits per heavy atom. The van der Waals surface area contributed by atoms with Crippen LogP contribution in [0.5, 0.6) is 0 Å². The molecule has 0 spiro atoms. The van der Waals surface area contributed by atoms with Gasteiger partial charge in [-0.25, -0.2) is 4.98 Å². The molecule has 0 aliphatic carbocycles. The fourth-order valence-corrected chi connectivity index (χ4v) is 2.60. The number of pyridine rings is 1. The molecule has 1 saturated heterocycles. The summed E-state index contributed by atoms with van der Waals surface area (Å²) in [6.45, 7) is 3.23. The van der Waals surface area contributed by atoms with Crippen molar-refractivity contribution in [3.63, 3.8) is 0 Å². The number of carbonyl (C=O) groups is 1. The van der Waals surface area contributed by atoms with Gasteiger partial charge in [0.15, 0.2) is 0 Å². The summed E-state index contributed by atoms with van der Waals surface area (Å²) in [6, 6.07) is 9.57. The van der Waals surface area contributed by atoms with Crippen LogP contribution in [0.4, 0.5) is 5.69 Å². The molecule has 1 aromatic carbocycles. The topological polar surface area (TPSA) is 63.2 Å². The molecular formula is C16H19N3O2. The summed E-state index contributed by atoms with van der Waals surface area (Å²) in [4.78, 5) is 16.9. The predicted octanol–water partition coefficient (Wildman–Crippen LogP) is 2.19. The predicted molar refractivity (Wildman–Crippen MR) is 82.6 cm³/mol. The van der Waals surface area contributed by atoms with Gasteiger partial charge in [-0.1, -0.05) is 18.2 Å². The van der Waals surface area contributed by atoms with E-state index in [2.05, 4.69) is 15.6 Å². The fourth-order valence-electron chi connectivity index (χ4n) is 2.60. The van der Waals surface area contributed by atoms with Gasteiger partial charge in [0.1, 0.15) is 5.69 Å². The van der Waals surface area contributed by atoms with E-state index >= 15 is 0 Å². The number of para-hydroxylation sites is 1. The average Bonchev–Trinajstić information content (AvgIpc) is 2.92. The van der Waals surface area contributed by atoms with Crippen molar-refractivity contribution in [1.82, 2.24) is 10.3 Å². The monoisotopic (exact) mass is 285 g/mol. The molecule has 1 atom stereocenters. The number of carbonyl (C=O) groups excluding carboxylic acids is 1. The molecule has 5 heteroatoms. The highest BCUT2D eigenvalue weighted by Gasteiger charge is 2.32. The van der Waals surface area contributed by atoms with Gasteiger partial charge < -0.3 is 15.4 Å². The van der Waals surface area contributed by atoms with Gasteiger partial charge in [0.2, 0.25) is 0 Å². The van der Waals surface area contributed by atoms with Crippen molar-refractivity contribution in [3.05, 3.63) is 36.0 Å². The third-order valence-electron chi connectivity index (χ3n) is 3.85. The quantitative estimate of drug-likeness (QED) is 0.907. The maximum atomic E-state index is 12.5. The van der Waals surface area contributed by atoms with Crippen LogP contribution in [0.2, 0.25) is 0 Å². The van der Waals surface area contributed by atoms with Crippen molar-refractivity contribution >= 4 is 22.5 Å². The van der Waals surface area contributed by atoms with Gasteiger partial charge in [-0.2, -0.15) is 0 Å². The summed E-state index contributed by atoms with van der Waals surface area (Å²) in [5.74, 6) is -0.162. The van der Waals surface area contributed by atoms with Gasteiger partial charge in [0.25, 0.3) is 5.91 Å². The normalized spacial score (nSPS) is 21.4. The number of hydrogen-bond donors (Lipinski definition) is 2. The maximum Gasteiger partial charge on any atom is 0.270 e. The first-order valence-corrected chi connectivity index (χ1v) is 7.09. The van der Waals surface area contributed by atoms with Crippen molar-refractivity contribution in [2.75, 3.05) is 25.6 Å². The molecule has 0 bridgehead atoms. The molecule has 1 aromatic heterocycles. The molecule has 5 nitrogen and oxygen atoms in total. The Bertz CT molecular complexity index is 678. The molecule has 1 amide bonds. The van der Waals surface area contributed by atoms with Gasteiger partial charge in [-0.15, -0.1) is 0 Å². The lowest BCUT2D eigenvalue weighted by Gasteiger charge is -2.23. The second-order valence-corrected chi connectivity index (χ2v) is 5.64. The van der Waals surface area contributed by atoms with E-state index in [0.29, 0.717) is 18.9 Å². The summed E-state index contributed by atoms with van der Waals surface area (Å²) in [5.41, 5.74) is 1.83. The number of rotatable bonds is 3. The highest BCUT2D eigenvalue weighted by molar-refractivity contribution is 6.00. The van der Waals surface area contributed by atoms with Gasteiger partial charge in [-0.05, 0) is 25.5 Å². The highest BCUT2D eigenvalue weighted by atomic mass is 16.5.